The molecule has 0 bridgehead atoms. The number of amides is 2. The smallest absolute Gasteiger partial charge is 0.317 e. The van der Waals surface area contributed by atoms with Crippen LogP contribution in [0.5, 0.6) is 5.75 Å². The summed E-state index contributed by atoms with van der Waals surface area (Å²) >= 11 is 0. The third-order valence-corrected chi connectivity index (χ3v) is 6.67. The number of fused-ring (bicyclic) bond motifs is 1. The van der Waals surface area contributed by atoms with E-state index in [1.165, 1.54) is 6.42 Å². The average molecular weight is 342 g/mol. The molecule has 0 unspecified atom stereocenters. The van der Waals surface area contributed by atoms with Crippen LogP contribution >= 0.6 is 0 Å². The lowest BCUT2D eigenvalue weighted by molar-refractivity contribution is -0.0359. The van der Waals surface area contributed by atoms with E-state index < -0.39 is 0 Å². The predicted molar refractivity (Wildman–Crippen MR) is 93.6 cm³/mol. The quantitative estimate of drug-likeness (QED) is 0.852. The van der Waals surface area contributed by atoms with E-state index in [0.717, 1.165) is 69.7 Å². The normalized spacial score (nSPS) is 32.3. The number of benzene rings is 1. The van der Waals surface area contributed by atoms with Gasteiger partial charge in [-0.25, -0.2) is 4.79 Å². The van der Waals surface area contributed by atoms with Crippen molar-refractivity contribution < 1.29 is 14.3 Å². The van der Waals surface area contributed by atoms with E-state index in [9.17, 15) is 4.79 Å². The van der Waals surface area contributed by atoms with Gasteiger partial charge in [-0.2, -0.15) is 0 Å². The van der Waals surface area contributed by atoms with Gasteiger partial charge in [0, 0.05) is 37.1 Å². The minimum absolute atomic E-state index is 0.0501. The standard InChI is InChI=1S/C20H26N2O3/c23-18(22-10-8-19(13-22)9-11-24-14-19)21-16-12-20(6-3-7-20)25-17-5-2-1-4-15(16)17/h1-2,4-5,16H,3,6-14H2,(H,21,23)/t16-,19+/m0/s1. The lowest BCUT2D eigenvalue weighted by Crippen LogP contribution is -2.51. The van der Waals surface area contributed by atoms with Crippen LogP contribution in [-0.2, 0) is 4.74 Å². The van der Waals surface area contributed by atoms with Crippen molar-refractivity contribution in [2.24, 2.45) is 5.41 Å². The molecule has 4 aliphatic rings. The maximum absolute atomic E-state index is 12.9. The minimum atomic E-state index is -0.0577. The van der Waals surface area contributed by atoms with Crippen molar-refractivity contribution in [1.82, 2.24) is 10.2 Å². The number of ether oxygens (including phenoxy) is 2. The molecule has 134 valence electrons. The highest BCUT2D eigenvalue weighted by Crippen LogP contribution is 2.49. The first kappa shape index (κ1) is 15.5. The minimum Gasteiger partial charge on any atom is -0.487 e. The Balaban J connectivity index is 1.32. The molecule has 1 aromatic rings. The zero-order valence-corrected chi connectivity index (χ0v) is 14.6. The van der Waals surface area contributed by atoms with Gasteiger partial charge in [-0.05, 0) is 38.2 Å². The Morgan fingerprint density at radius 1 is 1.20 bits per heavy atom. The van der Waals surface area contributed by atoms with E-state index in [1.807, 2.05) is 23.1 Å². The van der Waals surface area contributed by atoms with Crippen LogP contribution in [0.3, 0.4) is 0 Å². The first-order valence-electron chi connectivity index (χ1n) is 9.58. The number of nitrogens with zero attached hydrogens (tertiary/aromatic N) is 1. The number of rotatable bonds is 1. The third kappa shape index (κ3) is 2.60. The third-order valence-electron chi connectivity index (χ3n) is 6.67. The van der Waals surface area contributed by atoms with Gasteiger partial charge in [0.25, 0.3) is 0 Å². The van der Waals surface area contributed by atoms with Crippen molar-refractivity contribution >= 4 is 6.03 Å². The largest absolute Gasteiger partial charge is 0.487 e. The number of nitrogens with one attached hydrogen (secondary N) is 1. The predicted octanol–water partition coefficient (Wildman–Crippen LogP) is 3.25. The van der Waals surface area contributed by atoms with Gasteiger partial charge >= 0.3 is 6.03 Å². The fourth-order valence-electron chi connectivity index (χ4n) is 4.94. The molecule has 25 heavy (non-hydrogen) atoms. The first-order valence-corrected chi connectivity index (χ1v) is 9.58. The number of carbonyl (C=O) groups excluding carboxylic acids is 1. The average Bonchev–Trinajstić information content (AvgIpc) is 3.23. The Bertz CT molecular complexity index is 679. The van der Waals surface area contributed by atoms with Crippen molar-refractivity contribution in [2.75, 3.05) is 26.3 Å². The van der Waals surface area contributed by atoms with Gasteiger partial charge in [0.1, 0.15) is 11.4 Å². The molecule has 1 aliphatic carbocycles. The monoisotopic (exact) mass is 342 g/mol. The summed E-state index contributed by atoms with van der Waals surface area (Å²) in [6.07, 6.45) is 6.44. The van der Waals surface area contributed by atoms with Gasteiger partial charge in [-0.15, -0.1) is 0 Å². The van der Waals surface area contributed by atoms with E-state index in [-0.39, 0.29) is 23.1 Å². The molecule has 0 radical (unpaired) electrons. The molecule has 3 aliphatic heterocycles. The van der Waals surface area contributed by atoms with Crippen LogP contribution in [0, 0.1) is 5.41 Å². The SMILES string of the molecule is O=C(N[C@H]1CC2(CCC2)Oc2ccccc21)N1CC[C@@]2(CCOC2)C1. The summed E-state index contributed by atoms with van der Waals surface area (Å²) in [6.45, 7) is 3.31. The second-order valence-corrected chi connectivity index (χ2v) is 8.36. The summed E-state index contributed by atoms with van der Waals surface area (Å²) in [4.78, 5) is 14.9. The van der Waals surface area contributed by atoms with Gasteiger partial charge < -0.3 is 19.7 Å². The summed E-state index contributed by atoms with van der Waals surface area (Å²) < 4.78 is 11.9. The lowest BCUT2D eigenvalue weighted by Gasteiger charge is -2.48. The molecule has 5 nitrogen and oxygen atoms in total. The molecular weight excluding hydrogens is 316 g/mol. The summed E-state index contributed by atoms with van der Waals surface area (Å²) in [5.74, 6) is 0.945. The van der Waals surface area contributed by atoms with Crippen LogP contribution in [-0.4, -0.2) is 42.8 Å². The van der Waals surface area contributed by atoms with Gasteiger partial charge in [0.2, 0.25) is 0 Å². The highest BCUT2D eigenvalue weighted by atomic mass is 16.5. The Morgan fingerprint density at radius 2 is 2.08 bits per heavy atom. The van der Waals surface area contributed by atoms with E-state index in [0.29, 0.717) is 0 Å². The van der Waals surface area contributed by atoms with E-state index in [2.05, 4.69) is 11.4 Å². The molecule has 2 saturated heterocycles. The molecule has 1 saturated carbocycles. The Hall–Kier alpha value is -1.75. The fraction of sp³-hybridized carbons (Fsp3) is 0.650. The summed E-state index contributed by atoms with van der Waals surface area (Å²) in [6, 6.07) is 8.28. The maximum Gasteiger partial charge on any atom is 0.317 e. The number of urea groups is 1. The van der Waals surface area contributed by atoms with Gasteiger partial charge in [0.05, 0.1) is 12.6 Å². The molecule has 2 atom stereocenters. The van der Waals surface area contributed by atoms with Crippen LogP contribution in [0.15, 0.2) is 24.3 Å². The van der Waals surface area contributed by atoms with Crippen molar-refractivity contribution in [1.29, 1.82) is 0 Å². The summed E-state index contributed by atoms with van der Waals surface area (Å²) in [5.41, 5.74) is 1.27. The molecule has 2 spiro atoms. The van der Waals surface area contributed by atoms with Crippen molar-refractivity contribution in [2.45, 2.75) is 50.2 Å². The molecule has 1 N–H and O–H groups in total. The fourth-order valence-corrected chi connectivity index (χ4v) is 4.94. The molecule has 5 rings (SSSR count). The van der Waals surface area contributed by atoms with Crippen LogP contribution in [0.2, 0.25) is 0 Å². The maximum atomic E-state index is 12.9. The van der Waals surface area contributed by atoms with Gasteiger partial charge in [-0.1, -0.05) is 18.2 Å². The number of para-hydroxylation sites is 1. The zero-order chi connectivity index (χ0) is 16.9. The van der Waals surface area contributed by atoms with E-state index in [1.54, 1.807) is 0 Å². The van der Waals surface area contributed by atoms with Gasteiger partial charge in [-0.3, -0.25) is 0 Å². The molecule has 0 aromatic heterocycles. The summed E-state index contributed by atoms with van der Waals surface area (Å²) in [5, 5.41) is 3.31. The topological polar surface area (TPSA) is 50.8 Å². The highest BCUT2D eigenvalue weighted by Gasteiger charge is 2.47. The van der Waals surface area contributed by atoms with Crippen LogP contribution in [0.1, 0.15) is 50.1 Å². The zero-order valence-electron chi connectivity index (χ0n) is 14.6. The van der Waals surface area contributed by atoms with Crippen molar-refractivity contribution in [3.8, 4) is 5.75 Å². The Kier molecular flexibility index (Phi) is 3.49. The molecule has 1 aromatic carbocycles. The van der Waals surface area contributed by atoms with Crippen molar-refractivity contribution in [3.05, 3.63) is 29.8 Å². The number of hydrogen-bond donors (Lipinski definition) is 1. The van der Waals surface area contributed by atoms with Crippen molar-refractivity contribution in [3.63, 3.8) is 0 Å². The lowest BCUT2D eigenvalue weighted by atomic mass is 9.73. The molecular formula is C20H26N2O3. The molecule has 3 heterocycles. The molecule has 2 amide bonds. The first-order chi connectivity index (χ1) is 12.2. The second-order valence-electron chi connectivity index (χ2n) is 8.36. The van der Waals surface area contributed by atoms with Crippen LogP contribution < -0.4 is 10.1 Å². The number of hydrogen-bond acceptors (Lipinski definition) is 3. The highest BCUT2D eigenvalue weighted by molar-refractivity contribution is 5.75. The van der Waals surface area contributed by atoms with E-state index >= 15 is 0 Å². The van der Waals surface area contributed by atoms with Crippen LogP contribution in [0.4, 0.5) is 4.79 Å². The second kappa shape index (κ2) is 5.63. The molecule has 5 heteroatoms. The Morgan fingerprint density at radius 3 is 2.84 bits per heavy atom. The van der Waals surface area contributed by atoms with Crippen LogP contribution in [0.25, 0.3) is 0 Å². The van der Waals surface area contributed by atoms with Gasteiger partial charge in [0.15, 0.2) is 0 Å². The summed E-state index contributed by atoms with van der Waals surface area (Å²) in [7, 11) is 0. The van der Waals surface area contributed by atoms with E-state index in [4.69, 9.17) is 9.47 Å². The Labute approximate surface area is 148 Å². The number of likely N-dealkylation sites (tertiary alicyclic amines) is 1. The number of carbonyl (C=O) groups is 1. The molecule has 3 fully saturated rings.